The number of rotatable bonds is 6. The summed E-state index contributed by atoms with van der Waals surface area (Å²) in [4.78, 5) is 7.92. The smallest absolute Gasteiger partial charge is 0.323 e. The standard InChI is InChI=1S/C18H11BrF4N6OS/c19-15-7-25-16(31-15)10-1-4-14(24-6-10)18(22,23)17(30,8-29-9-26-27-28-29)12-3-2-11(20)5-13(12)21/h1-7,9,30H,8H2. The highest BCUT2D eigenvalue weighted by Gasteiger charge is 2.58. The summed E-state index contributed by atoms with van der Waals surface area (Å²) in [6, 6.07) is 4.31. The van der Waals surface area contributed by atoms with Gasteiger partial charge in [-0.05, 0) is 50.6 Å². The maximum Gasteiger partial charge on any atom is 0.323 e. The molecule has 3 heterocycles. The maximum atomic E-state index is 15.6. The van der Waals surface area contributed by atoms with Gasteiger partial charge in [-0.2, -0.15) is 8.78 Å². The fraction of sp³-hybridized carbons (Fsp3) is 0.167. The molecule has 3 aromatic heterocycles. The monoisotopic (exact) mass is 514 g/mol. The van der Waals surface area contributed by atoms with Crippen molar-refractivity contribution in [2.75, 3.05) is 0 Å². The van der Waals surface area contributed by atoms with Gasteiger partial charge in [-0.1, -0.05) is 0 Å². The van der Waals surface area contributed by atoms with E-state index in [1.807, 2.05) is 0 Å². The molecular weight excluding hydrogens is 504 g/mol. The molecule has 160 valence electrons. The van der Waals surface area contributed by atoms with Gasteiger partial charge in [-0.15, -0.1) is 16.4 Å². The minimum atomic E-state index is -4.11. The number of alkyl halides is 2. The van der Waals surface area contributed by atoms with Crippen LogP contribution in [-0.2, 0) is 18.1 Å². The van der Waals surface area contributed by atoms with Gasteiger partial charge in [0.25, 0.3) is 0 Å². The van der Waals surface area contributed by atoms with E-state index < -0.39 is 41.0 Å². The number of aliphatic hydroxyl groups is 1. The summed E-state index contributed by atoms with van der Waals surface area (Å²) in [7, 11) is 0. The fourth-order valence-electron chi connectivity index (χ4n) is 2.97. The summed E-state index contributed by atoms with van der Waals surface area (Å²) in [6.07, 6.45) is 3.72. The van der Waals surface area contributed by atoms with Crippen LogP contribution in [0.1, 0.15) is 11.3 Å². The molecule has 1 unspecified atom stereocenters. The lowest BCUT2D eigenvalue weighted by Crippen LogP contribution is -2.48. The van der Waals surface area contributed by atoms with Gasteiger partial charge in [0.05, 0.1) is 16.5 Å². The largest absolute Gasteiger partial charge is 0.377 e. The topological polar surface area (TPSA) is 89.6 Å². The van der Waals surface area contributed by atoms with Crippen LogP contribution in [0.4, 0.5) is 17.6 Å². The molecule has 4 rings (SSSR count). The second kappa shape index (κ2) is 8.05. The van der Waals surface area contributed by atoms with Crippen molar-refractivity contribution in [1.29, 1.82) is 0 Å². The summed E-state index contributed by atoms with van der Waals surface area (Å²) in [5.41, 5.74) is -4.36. The number of halogens is 5. The number of hydrogen-bond donors (Lipinski definition) is 1. The van der Waals surface area contributed by atoms with E-state index in [1.54, 1.807) is 6.20 Å². The summed E-state index contributed by atoms with van der Waals surface area (Å²) in [6.45, 7) is -0.918. The van der Waals surface area contributed by atoms with Crippen molar-refractivity contribution in [3.05, 3.63) is 75.7 Å². The van der Waals surface area contributed by atoms with Crippen LogP contribution >= 0.6 is 27.3 Å². The molecule has 0 aliphatic carbocycles. The van der Waals surface area contributed by atoms with Crippen molar-refractivity contribution < 1.29 is 22.7 Å². The molecule has 0 spiro atoms. The summed E-state index contributed by atoms with van der Waals surface area (Å²) in [5, 5.41) is 21.8. The normalized spacial score (nSPS) is 13.9. The first-order chi connectivity index (χ1) is 14.7. The van der Waals surface area contributed by atoms with Crippen LogP contribution in [-0.4, -0.2) is 35.3 Å². The van der Waals surface area contributed by atoms with E-state index in [0.29, 0.717) is 16.6 Å². The van der Waals surface area contributed by atoms with E-state index in [0.717, 1.165) is 33.0 Å². The zero-order valence-electron chi connectivity index (χ0n) is 15.3. The summed E-state index contributed by atoms with van der Waals surface area (Å²) >= 11 is 4.55. The number of thiazole rings is 1. The second-order valence-electron chi connectivity index (χ2n) is 6.47. The van der Waals surface area contributed by atoms with Crippen LogP contribution in [0.5, 0.6) is 0 Å². The number of nitrogens with zero attached hydrogens (tertiary/aromatic N) is 6. The van der Waals surface area contributed by atoms with E-state index in [4.69, 9.17) is 0 Å². The van der Waals surface area contributed by atoms with Crippen LogP contribution in [0, 0.1) is 11.6 Å². The molecule has 0 saturated carbocycles. The van der Waals surface area contributed by atoms with Gasteiger partial charge < -0.3 is 5.11 Å². The van der Waals surface area contributed by atoms with Crippen LogP contribution in [0.3, 0.4) is 0 Å². The lowest BCUT2D eigenvalue weighted by Gasteiger charge is -2.35. The van der Waals surface area contributed by atoms with Crippen molar-refractivity contribution in [2.45, 2.75) is 18.1 Å². The molecule has 1 aromatic carbocycles. The third-order valence-electron chi connectivity index (χ3n) is 4.49. The highest BCUT2D eigenvalue weighted by molar-refractivity contribution is 9.11. The third-order valence-corrected chi connectivity index (χ3v) is 6.01. The number of aromatic nitrogens is 6. The van der Waals surface area contributed by atoms with Gasteiger partial charge in [0.2, 0.25) is 0 Å². The molecule has 0 radical (unpaired) electrons. The SMILES string of the molecule is OC(Cn1cnnn1)(c1ccc(F)cc1F)C(F)(F)c1ccc(-c2ncc(Br)s2)cn1. The lowest BCUT2D eigenvalue weighted by molar-refractivity contribution is -0.207. The van der Waals surface area contributed by atoms with Gasteiger partial charge in [-0.25, -0.2) is 18.4 Å². The molecular formula is C18H11BrF4N6OS. The number of benzene rings is 1. The number of hydrogen-bond acceptors (Lipinski definition) is 7. The molecule has 13 heteroatoms. The Bertz CT molecular complexity index is 1200. The van der Waals surface area contributed by atoms with Crippen molar-refractivity contribution in [3.63, 3.8) is 0 Å². The van der Waals surface area contributed by atoms with E-state index in [2.05, 4.69) is 41.4 Å². The highest BCUT2D eigenvalue weighted by atomic mass is 79.9. The number of tetrazole rings is 1. The van der Waals surface area contributed by atoms with Crippen LogP contribution < -0.4 is 0 Å². The molecule has 0 amide bonds. The molecule has 0 aliphatic rings. The Morgan fingerprint density at radius 2 is 1.90 bits per heavy atom. The van der Waals surface area contributed by atoms with Gasteiger partial charge in [0, 0.05) is 23.4 Å². The Morgan fingerprint density at radius 3 is 2.48 bits per heavy atom. The first kappa shape index (κ1) is 21.5. The quantitative estimate of drug-likeness (QED) is 0.392. The molecule has 1 atom stereocenters. The summed E-state index contributed by atoms with van der Waals surface area (Å²) < 4.78 is 60.7. The molecule has 0 bridgehead atoms. The van der Waals surface area contributed by atoms with Crippen molar-refractivity contribution in [3.8, 4) is 10.6 Å². The van der Waals surface area contributed by atoms with Crippen molar-refractivity contribution in [2.24, 2.45) is 0 Å². The van der Waals surface area contributed by atoms with E-state index in [-0.39, 0.29) is 0 Å². The Labute approximate surface area is 184 Å². The first-order valence-corrected chi connectivity index (χ1v) is 10.2. The molecule has 7 nitrogen and oxygen atoms in total. The first-order valence-electron chi connectivity index (χ1n) is 8.55. The predicted molar refractivity (Wildman–Crippen MR) is 105 cm³/mol. The Hall–Kier alpha value is -2.77. The Balaban J connectivity index is 1.79. The Kier molecular flexibility index (Phi) is 5.58. The summed E-state index contributed by atoms with van der Waals surface area (Å²) in [5.74, 6) is -6.44. The Morgan fingerprint density at radius 1 is 1.10 bits per heavy atom. The lowest BCUT2D eigenvalue weighted by atomic mass is 9.84. The molecule has 0 aliphatic heterocycles. The van der Waals surface area contributed by atoms with Crippen LogP contribution in [0.25, 0.3) is 10.6 Å². The second-order valence-corrected chi connectivity index (χ2v) is 8.88. The molecule has 1 N–H and O–H groups in total. The third kappa shape index (κ3) is 3.95. The van der Waals surface area contributed by atoms with Crippen molar-refractivity contribution >= 4 is 27.3 Å². The van der Waals surface area contributed by atoms with Gasteiger partial charge in [-0.3, -0.25) is 4.98 Å². The van der Waals surface area contributed by atoms with Crippen LogP contribution in [0.15, 0.2) is 52.8 Å². The minimum absolute atomic E-state index is 0.410. The van der Waals surface area contributed by atoms with Gasteiger partial charge >= 0.3 is 5.92 Å². The average Bonchev–Trinajstić information content (AvgIpc) is 3.39. The van der Waals surface area contributed by atoms with E-state index >= 15 is 8.78 Å². The van der Waals surface area contributed by atoms with Gasteiger partial charge in [0.15, 0.2) is 5.60 Å². The maximum absolute atomic E-state index is 15.6. The highest BCUT2D eigenvalue weighted by Crippen LogP contribution is 2.47. The molecule has 31 heavy (non-hydrogen) atoms. The predicted octanol–water partition coefficient (Wildman–Crippen LogP) is 3.91. The van der Waals surface area contributed by atoms with E-state index in [9.17, 15) is 13.9 Å². The fourth-order valence-corrected chi connectivity index (χ4v) is 4.17. The van der Waals surface area contributed by atoms with E-state index in [1.165, 1.54) is 23.6 Å². The molecule has 0 saturated heterocycles. The average molecular weight is 515 g/mol. The van der Waals surface area contributed by atoms with Gasteiger partial charge in [0.1, 0.15) is 28.7 Å². The minimum Gasteiger partial charge on any atom is -0.377 e. The van der Waals surface area contributed by atoms with Crippen molar-refractivity contribution in [1.82, 2.24) is 30.2 Å². The number of pyridine rings is 1. The zero-order chi connectivity index (χ0) is 22.2. The zero-order valence-corrected chi connectivity index (χ0v) is 17.7. The molecule has 4 aromatic rings. The van der Waals surface area contributed by atoms with Crippen LogP contribution in [0.2, 0.25) is 0 Å². The molecule has 0 fully saturated rings.